The Balaban J connectivity index is 2.27. The van der Waals surface area contributed by atoms with Gasteiger partial charge in [-0.15, -0.1) is 0 Å². The van der Waals surface area contributed by atoms with E-state index in [1.807, 2.05) is 0 Å². The summed E-state index contributed by atoms with van der Waals surface area (Å²) in [4.78, 5) is 0. The second-order valence-corrected chi connectivity index (χ2v) is 14.5. The van der Waals surface area contributed by atoms with Crippen LogP contribution >= 0.6 is 0 Å². The summed E-state index contributed by atoms with van der Waals surface area (Å²) in [6, 6.07) is 8.69. The van der Waals surface area contributed by atoms with Gasteiger partial charge < -0.3 is 8.85 Å². The smallest absolute Gasteiger partial charge is 0.217 e. The zero-order valence-corrected chi connectivity index (χ0v) is 18.0. The molecule has 4 heteroatoms. The van der Waals surface area contributed by atoms with Gasteiger partial charge in [0.05, 0.1) is 0 Å². The molecule has 0 bridgehead atoms. The van der Waals surface area contributed by atoms with Crippen LogP contribution in [0.15, 0.2) is 24.3 Å². The van der Waals surface area contributed by atoms with Gasteiger partial charge in [0.1, 0.15) is 0 Å². The van der Waals surface area contributed by atoms with E-state index in [0.717, 1.165) is 12.8 Å². The molecule has 0 unspecified atom stereocenters. The fourth-order valence-corrected chi connectivity index (χ4v) is 4.76. The highest BCUT2D eigenvalue weighted by molar-refractivity contribution is 6.55. The second-order valence-electron chi connectivity index (χ2n) is 8.85. The van der Waals surface area contributed by atoms with E-state index in [-0.39, 0.29) is 10.1 Å². The van der Waals surface area contributed by atoms with Gasteiger partial charge in [0.15, 0.2) is 5.79 Å². The Morgan fingerprint density at radius 1 is 0.783 bits per heavy atom. The van der Waals surface area contributed by atoms with Gasteiger partial charge in [0.2, 0.25) is 18.1 Å². The molecular formula is C19H32O2Si2. The Morgan fingerprint density at radius 2 is 1.13 bits per heavy atom. The molecule has 0 aliphatic heterocycles. The summed E-state index contributed by atoms with van der Waals surface area (Å²) in [5.41, 5.74) is 2.78. The Labute approximate surface area is 146 Å². The first-order valence-electron chi connectivity index (χ1n) is 8.56. The van der Waals surface area contributed by atoms with E-state index in [1.54, 1.807) is 0 Å². The third-order valence-corrected chi connectivity index (χ3v) is 10.4. The lowest BCUT2D eigenvalue weighted by molar-refractivity contribution is -0.115. The first-order chi connectivity index (χ1) is 10.4. The molecule has 2 radical (unpaired) electrons. The maximum atomic E-state index is 6.72. The lowest BCUT2D eigenvalue weighted by Gasteiger charge is -2.41. The van der Waals surface area contributed by atoms with Crippen molar-refractivity contribution in [3.05, 3.63) is 35.4 Å². The summed E-state index contributed by atoms with van der Waals surface area (Å²) in [6.07, 6.45) is 1.78. The van der Waals surface area contributed by atoms with Crippen LogP contribution in [0.1, 0.15) is 52.7 Å². The summed E-state index contributed by atoms with van der Waals surface area (Å²) < 4.78 is 13.4. The van der Waals surface area contributed by atoms with Crippen LogP contribution in [0.2, 0.25) is 23.2 Å². The lowest BCUT2D eigenvalue weighted by atomic mass is 10.1. The van der Waals surface area contributed by atoms with E-state index in [9.17, 15) is 0 Å². The highest BCUT2D eigenvalue weighted by Crippen LogP contribution is 2.41. The molecule has 0 spiro atoms. The van der Waals surface area contributed by atoms with Crippen LogP contribution < -0.4 is 0 Å². The zero-order valence-electron chi connectivity index (χ0n) is 16.0. The van der Waals surface area contributed by atoms with Crippen molar-refractivity contribution in [1.29, 1.82) is 0 Å². The maximum absolute atomic E-state index is 6.72. The maximum Gasteiger partial charge on any atom is 0.217 e. The Kier molecular flexibility index (Phi) is 5.32. The summed E-state index contributed by atoms with van der Waals surface area (Å²) in [5.74, 6) is -0.448. The van der Waals surface area contributed by atoms with Crippen LogP contribution in [-0.2, 0) is 21.7 Å². The summed E-state index contributed by atoms with van der Waals surface area (Å²) in [5, 5.41) is 0.413. The third-order valence-electron chi connectivity index (χ3n) is 4.83. The van der Waals surface area contributed by atoms with Crippen molar-refractivity contribution < 1.29 is 8.85 Å². The van der Waals surface area contributed by atoms with Gasteiger partial charge in [-0.25, -0.2) is 0 Å². The molecule has 0 saturated heterocycles. The standard InChI is InChI=1S/C19H32O2Si2/c1-17(2,3)22(7)20-19(21-23(8)18(4,5)6)13-15-11-9-10-12-16(15)14-19/h9-12H,13-14H2,1-8H3. The minimum atomic E-state index is -0.961. The molecule has 128 valence electrons. The summed E-state index contributed by atoms with van der Waals surface area (Å²) in [7, 11) is -1.92. The molecule has 0 fully saturated rings. The molecule has 0 heterocycles. The van der Waals surface area contributed by atoms with E-state index in [1.165, 1.54) is 11.1 Å². The van der Waals surface area contributed by atoms with E-state index >= 15 is 0 Å². The number of rotatable bonds is 4. The Hall–Kier alpha value is -0.426. The van der Waals surface area contributed by atoms with Crippen LogP contribution in [0.3, 0.4) is 0 Å². The lowest BCUT2D eigenvalue weighted by Crippen LogP contribution is -2.48. The van der Waals surface area contributed by atoms with Crippen LogP contribution in [-0.4, -0.2) is 23.9 Å². The zero-order chi connectivity index (χ0) is 17.5. The van der Waals surface area contributed by atoms with Gasteiger partial charge >= 0.3 is 0 Å². The quantitative estimate of drug-likeness (QED) is 0.539. The molecule has 1 aliphatic rings. The van der Waals surface area contributed by atoms with Gasteiger partial charge in [0.25, 0.3) is 0 Å². The number of hydrogen-bond acceptors (Lipinski definition) is 2. The fourth-order valence-electron chi connectivity index (χ4n) is 2.57. The predicted molar refractivity (Wildman–Crippen MR) is 101 cm³/mol. The van der Waals surface area contributed by atoms with E-state index in [4.69, 9.17) is 8.85 Å². The Morgan fingerprint density at radius 3 is 1.43 bits per heavy atom. The highest BCUT2D eigenvalue weighted by Gasteiger charge is 2.45. The Bertz CT molecular complexity index is 494. The normalized spacial score (nSPS) is 17.8. The molecule has 2 nitrogen and oxygen atoms in total. The molecular weight excluding hydrogens is 316 g/mol. The second kappa shape index (κ2) is 6.47. The minimum absolute atomic E-state index is 0.207. The molecule has 1 aromatic rings. The van der Waals surface area contributed by atoms with Crippen molar-refractivity contribution in [3.63, 3.8) is 0 Å². The number of hydrogen-bond donors (Lipinski definition) is 0. The predicted octanol–water partition coefficient (Wildman–Crippen LogP) is 5.36. The van der Waals surface area contributed by atoms with Crippen molar-refractivity contribution in [1.82, 2.24) is 0 Å². The van der Waals surface area contributed by atoms with Crippen molar-refractivity contribution in [2.45, 2.75) is 83.3 Å². The largest absolute Gasteiger partial charge is 0.390 e. The van der Waals surface area contributed by atoms with Crippen LogP contribution in [0.4, 0.5) is 0 Å². The van der Waals surface area contributed by atoms with Crippen LogP contribution in [0.25, 0.3) is 0 Å². The third kappa shape index (κ3) is 4.56. The summed E-state index contributed by atoms with van der Waals surface area (Å²) >= 11 is 0. The van der Waals surface area contributed by atoms with Crippen molar-refractivity contribution >= 4 is 18.1 Å². The van der Waals surface area contributed by atoms with E-state index in [2.05, 4.69) is 78.9 Å². The first kappa shape index (κ1) is 18.9. The average molecular weight is 349 g/mol. The fraction of sp³-hybridized carbons (Fsp3) is 0.684. The molecule has 23 heavy (non-hydrogen) atoms. The molecule has 0 saturated carbocycles. The number of fused-ring (bicyclic) bond motifs is 1. The molecule has 2 rings (SSSR count). The molecule has 0 amide bonds. The van der Waals surface area contributed by atoms with Gasteiger partial charge in [-0.05, 0) is 34.3 Å². The molecule has 0 atom stereocenters. The van der Waals surface area contributed by atoms with Crippen LogP contribution in [0, 0.1) is 0 Å². The van der Waals surface area contributed by atoms with Gasteiger partial charge in [0, 0.05) is 12.8 Å². The monoisotopic (exact) mass is 348 g/mol. The topological polar surface area (TPSA) is 18.5 Å². The van der Waals surface area contributed by atoms with E-state index in [0.29, 0.717) is 0 Å². The van der Waals surface area contributed by atoms with Crippen molar-refractivity contribution in [2.75, 3.05) is 0 Å². The van der Waals surface area contributed by atoms with Gasteiger partial charge in [-0.2, -0.15) is 0 Å². The first-order valence-corrected chi connectivity index (χ1v) is 12.4. The van der Waals surface area contributed by atoms with Crippen molar-refractivity contribution in [2.24, 2.45) is 0 Å². The average Bonchev–Trinajstić information content (AvgIpc) is 2.73. The summed E-state index contributed by atoms with van der Waals surface area (Å²) in [6.45, 7) is 18.2. The van der Waals surface area contributed by atoms with Gasteiger partial charge in [-0.1, -0.05) is 65.8 Å². The highest BCUT2D eigenvalue weighted by atomic mass is 28.3. The van der Waals surface area contributed by atoms with Gasteiger partial charge in [-0.3, -0.25) is 0 Å². The molecule has 1 aromatic carbocycles. The molecule has 0 N–H and O–H groups in total. The molecule has 0 aromatic heterocycles. The SMILES string of the molecule is C[Si](OC1(O[Si](C)C(C)(C)C)Cc2ccccc2C1)C(C)(C)C. The van der Waals surface area contributed by atoms with Crippen molar-refractivity contribution in [3.8, 4) is 0 Å². The molecule has 1 aliphatic carbocycles. The minimum Gasteiger partial charge on any atom is -0.390 e. The van der Waals surface area contributed by atoms with Crippen LogP contribution in [0.5, 0.6) is 0 Å². The number of benzene rings is 1. The van der Waals surface area contributed by atoms with E-state index < -0.39 is 23.9 Å².